The number of nitrogens with one attached hydrogen (secondary N) is 2. The maximum atomic E-state index is 12.9. The second-order valence-corrected chi connectivity index (χ2v) is 7.96. The standard InChI is InChI=1S/C22H24ClN3O6/c1-31-20(29)13-22(5-8-32-9-6-22)26-21(30)17-12-16(4-7-24-17)25-19(28)11-14-10-15(23)2-3-18(14)27/h2-4,7,10,12,27H,5-6,8-9,11,13H2,1H3,(H,26,30)(H,24,25,28). The molecule has 0 unspecified atom stereocenters. The summed E-state index contributed by atoms with van der Waals surface area (Å²) in [5.74, 6) is -1.33. The molecule has 32 heavy (non-hydrogen) atoms. The van der Waals surface area contributed by atoms with E-state index < -0.39 is 23.3 Å². The van der Waals surface area contributed by atoms with Gasteiger partial charge in [-0.1, -0.05) is 11.6 Å². The molecule has 0 radical (unpaired) electrons. The number of amides is 2. The fourth-order valence-electron chi connectivity index (χ4n) is 3.47. The van der Waals surface area contributed by atoms with E-state index in [0.29, 0.717) is 42.3 Å². The number of pyridine rings is 1. The van der Waals surface area contributed by atoms with Gasteiger partial charge in [0.05, 0.1) is 25.5 Å². The van der Waals surface area contributed by atoms with Gasteiger partial charge in [0.2, 0.25) is 5.91 Å². The zero-order valence-electron chi connectivity index (χ0n) is 17.5. The molecule has 1 aliphatic rings. The number of esters is 1. The van der Waals surface area contributed by atoms with Crippen LogP contribution in [0.2, 0.25) is 5.02 Å². The summed E-state index contributed by atoms with van der Waals surface area (Å²) in [4.78, 5) is 41.2. The molecular formula is C22H24ClN3O6. The number of carbonyl (C=O) groups is 3. The van der Waals surface area contributed by atoms with Crippen LogP contribution in [0.1, 0.15) is 35.3 Å². The lowest BCUT2D eigenvalue weighted by Crippen LogP contribution is -2.53. The Bertz CT molecular complexity index is 1010. The zero-order valence-corrected chi connectivity index (χ0v) is 18.3. The van der Waals surface area contributed by atoms with E-state index in [0.717, 1.165) is 0 Å². The lowest BCUT2D eigenvalue weighted by Gasteiger charge is -2.37. The molecule has 1 aromatic heterocycles. The SMILES string of the molecule is COC(=O)CC1(NC(=O)c2cc(NC(=O)Cc3cc(Cl)ccc3O)ccn2)CCOCC1. The van der Waals surface area contributed by atoms with Gasteiger partial charge >= 0.3 is 5.97 Å². The molecule has 1 aromatic carbocycles. The Kier molecular flexibility index (Phi) is 7.66. The number of hydrogen-bond acceptors (Lipinski definition) is 7. The molecule has 3 rings (SSSR count). The van der Waals surface area contributed by atoms with Gasteiger partial charge in [-0.3, -0.25) is 19.4 Å². The third-order valence-electron chi connectivity index (χ3n) is 5.21. The number of methoxy groups -OCH3 is 1. The predicted molar refractivity (Wildman–Crippen MR) is 117 cm³/mol. The van der Waals surface area contributed by atoms with Gasteiger partial charge in [-0.25, -0.2) is 0 Å². The fraction of sp³-hybridized carbons (Fsp3) is 0.364. The van der Waals surface area contributed by atoms with E-state index in [1.54, 1.807) is 6.07 Å². The molecule has 1 fully saturated rings. The Morgan fingerprint density at radius 3 is 2.69 bits per heavy atom. The highest BCUT2D eigenvalue weighted by molar-refractivity contribution is 6.30. The Morgan fingerprint density at radius 1 is 1.22 bits per heavy atom. The van der Waals surface area contributed by atoms with Crippen molar-refractivity contribution < 1.29 is 29.0 Å². The van der Waals surface area contributed by atoms with Crippen molar-refractivity contribution in [2.24, 2.45) is 0 Å². The second-order valence-electron chi connectivity index (χ2n) is 7.53. The number of rotatable bonds is 7. The number of benzene rings is 1. The fourth-order valence-corrected chi connectivity index (χ4v) is 3.66. The van der Waals surface area contributed by atoms with Crippen LogP contribution in [0, 0.1) is 0 Å². The van der Waals surface area contributed by atoms with E-state index in [1.807, 2.05) is 0 Å². The second kappa shape index (κ2) is 10.4. The first kappa shape index (κ1) is 23.5. The maximum absolute atomic E-state index is 12.9. The summed E-state index contributed by atoms with van der Waals surface area (Å²) in [5, 5.41) is 15.9. The molecule has 0 aliphatic carbocycles. The van der Waals surface area contributed by atoms with Crippen molar-refractivity contribution in [3.63, 3.8) is 0 Å². The Morgan fingerprint density at radius 2 is 1.97 bits per heavy atom. The van der Waals surface area contributed by atoms with E-state index in [2.05, 4.69) is 15.6 Å². The first-order chi connectivity index (χ1) is 15.3. The lowest BCUT2D eigenvalue weighted by atomic mass is 9.86. The molecule has 10 heteroatoms. The molecule has 170 valence electrons. The molecule has 1 saturated heterocycles. The number of nitrogens with zero attached hydrogens (tertiary/aromatic N) is 1. The number of anilines is 1. The van der Waals surface area contributed by atoms with Crippen LogP contribution >= 0.6 is 11.6 Å². The van der Waals surface area contributed by atoms with Crippen LogP contribution in [0.5, 0.6) is 5.75 Å². The zero-order chi connectivity index (χ0) is 23.1. The average molecular weight is 462 g/mol. The van der Waals surface area contributed by atoms with Crippen molar-refractivity contribution in [2.75, 3.05) is 25.6 Å². The Balaban J connectivity index is 1.69. The topological polar surface area (TPSA) is 127 Å². The highest BCUT2D eigenvalue weighted by atomic mass is 35.5. The highest BCUT2D eigenvalue weighted by Crippen LogP contribution is 2.26. The number of ether oxygens (including phenoxy) is 2. The molecular weight excluding hydrogens is 438 g/mol. The summed E-state index contributed by atoms with van der Waals surface area (Å²) in [5.41, 5.74) is 0.0501. The lowest BCUT2D eigenvalue weighted by molar-refractivity contribution is -0.143. The van der Waals surface area contributed by atoms with Gasteiger partial charge in [0, 0.05) is 35.7 Å². The van der Waals surface area contributed by atoms with E-state index in [9.17, 15) is 19.5 Å². The van der Waals surface area contributed by atoms with Gasteiger partial charge in [-0.2, -0.15) is 0 Å². The summed E-state index contributed by atoms with van der Waals surface area (Å²) in [7, 11) is 1.30. The summed E-state index contributed by atoms with van der Waals surface area (Å²) in [6.45, 7) is 0.828. The number of aromatic hydroxyl groups is 1. The van der Waals surface area contributed by atoms with E-state index in [1.165, 1.54) is 37.6 Å². The van der Waals surface area contributed by atoms with Crippen molar-refractivity contribution in [2.45, 2.75) is 31.2 Å². The van der Waals surface area contributed by atoms with Gasteiger partial charge in [0.15, 0.2) is 0 Å². The summed E-state index contributed by atoms with van der Waals surface area (Å²) in [6, 6.07) is 7.44. The summed E-state index contributed by atoms with van der Waals surface area (Å²) in [6.07, 6.45) is 2.26. The monoisotopic (exact) mass is 461 g/mol. The predicted octanol–water partition coefficient (Wildman–Crippen LogP) is 2.46. The number of carbonyl (C=O) groups excluding carboxylic acids is 3. The van der Waals surface area contributed by atoms with Gasteiger partial charge in [-0.15, -0.1) is 0 Å². The van der Waals surface area contributed by atoms with Crippen molar-refractivity contribution in [1.29, 1.82) is 0 Å². The summed E-state index contributed by atoms with van der Waals surface area (Å²) >= 11 is 5.92. The molecule has 3 N–H and O–H groups in total. The normalized spacial score (nSPS) is 14.9. The van der Waals surface area contributed by atoms with Crippen molar-refractivity contribution in [3.05, 3.63) is 52.8 Å². The number of phenolic OH excluding ortho intramolecular Hbond substituents is 1. The largest absolute Gasteiger partial charge is 0.508 e. The molecule has 0 bridgehead atoms. The number of aromatic nitrogens is 1. The number of hydrogen-bond donors (Lipinski definition) is 3. The third-order valence-corrected chi connectivity index (χ3v) is 5.44. The van der Waals surface area contributed by atoms with Gasteiger partial charge in [0.1, 0.15) is 11.4 Å². The minimum atomic E-state index is -0.784. The van der Waals surface area contributed by atoms with Crippen LogP contribution in [-0.2, 0) is 25.5 Å². The maximum Gasteiger partial charge on any atom is 0.307 e. The van der Waals surface area contributed by atoms with Gasteiger partial charge in [0.25, 0.3) is 5.91 Å². The van der Waals surface area contributed by atoms with E-state index in [4.69, 9.17) is 21.1 Å². The number of halogens is 1. The van der Waals surface area contributed by atoms with Crippen LogP contribution in [-0.4, -0.2) is 53.7 Å². The minimum absolute atomic E-state index is 0.0259. The smallest absolute Gasteiger partial charge is 0.307 e. The van der Waals surface area contributed by atoms with Crippen LogP contribution in [0.25, 0.3) is 0 Å². The van der Waals surface area contributed by atoms with Gasteiger partial charge < -0.3 is 25.2 Å². The van der Waals surface area contributed by atoms with Crippen LogP contribution in [0.3, 0.4) is 0 Å². The molecule has 0 spiro atoms. The molecule has 2 heterocycles. The first-order valence-electron chi connectivity index (χ1n) is 10.0. The Hall–Kier alpha value is -3.17. The first-order valence-corrected chi connectivity index (χ1v) is 10.4. The van der Waals surface area contributed by atoms with Crippen LogP contribution in [0.4, 0.5) is 5.69 Å². The van der Waals surface area contributed by atoms with Crippen molar-refractivity contribution >= 4 is 35.1 Å². The highest BCUT2D eigenvalue weighted by Gasteiger charge is 2.37. The molecule has 0 atom stereocenters. The van der Waals surface area contributed by atoms with Crippen LogP contribution in [0.15, 0.2) is 36.5 Å². The van der Waals surface area contributed by atoms with Crippen molar-refractivity contribution in [1.82, 2.24) is 10.3 Å². The molecule has 2 amide bonds. The van der Waals surface area contributed by atoms with E-state index >= 15 is 0 Å². The molecule has 0 saturated carbocycles. The van der Waals surface area contributed by atoms with Crippen LogP contribution < -0.4 is 10.6 Å². The summed E-state index contributed by atoms with van der Waals surface area (Å²) < 4.78 is 10.1. The number of phenols is 1. The van der Waals surface area contributed by atoms with Gasteiger partial charge in [-0.05, 0) is 43.2 Å². The molecule has 9 nitrogen and oxygen atoms in total. The van der Waals surface area contributed by atoms with E-state index in [-0.39, 0.29) is 24.3 Å². The molecule has 2 aromatic rings. The van der Waals surface area contributed by atoms with Crippen molar-refractivity contribution in [3.8, 4) is 5.75 Å². The quantitative estimate of drug-likeness (QED) is 0.540. The average Bonchev–Trinajstić information content (AvgIpc) is 2.76. The third kappa shape index (κ3) is 6.18. The Labute approximate surface area is 190 Å². The molecule has 1 aliphatic heterocycles. The minimum Gasteiger partial charge on any atom is -0.508 e.